The van der Waals surface area contributed by atoms with E-state index in [-0.39, 0.29) is 0 Å². The molecule has 0 spiro atoms. The quantitative estimate of drug-likeness (QED) is 0.822. The van der Waals surface area contributed by atoms with E-state index in [2.05, 4.69) is 0 Å². The van der Waals surface area contributed by atoms with Crippen LogP contribution in [0, 0.1) is 0 Å². The molecule has 5 nitrogen and oxygen atoms in total. The molecule has 0 bridgehead atoms. The van der Waals surface area contributed by atoms with E-state index in [9.17, 15) is 4.79 Å². The highest BCUT2D eigenvalue weighted by Crippen LogP contribution is 2.30. The van der Waals surface area contributed by atoms with Crippen molar-refractivity contribution in [2.75, 3.05) is 24.8 Å². The molecule has 0 fully saturated rings. The maximum absolute atomic E-state index is 11.9. The van der Waals surface area contributed by atoms with Gasteiger partial charge in [0, 0.05) is 12.7 Å². The molecular formula is C13H20N2O3. The number of hydrogen-bond donors (Lipinski definition) is 1. The maximum Gasteiger partial charge on any atom is 0.414 e. The fourth-order valence-corrected chi connectivity index (χ4v) is 1.40. The largest absolute Gasteiger partial charge is 0.495 e. The summed E-state index contributed by atoms with van der Waals surface area (Å²) in [5, 5.41) is 0. The van der Waals surface area contributed by atoms with Gasteiger partial charge in [0.15, 0.2) is 0 Å². The van der Waals surface area contributed by atoms with Gasteiger partial charge in [-0.25, -0.2) is 4.79 Å². The van der Waals surface area contributed by atoms with Crippen molar-refractivity contribution in [1.82, 2.24) is 0 Å². The second-order valence-corrected chi connectivity index (χ2v) is 4.97. The van der Waals surface area contributed by atoms with Gasteiger partial charge in [-0.05, 0) is 39.0 Å². The molecule has 100 valence electrons. The number of anilines is 2. The van der Waals surface area contributed by atoms with E-state index in [1.165, 1.54) is 12.0 Å². The van der Waals surface area contributed by atoms with Crippen LogP contribution in [0.25, 0.3) is 0 Å². The Hall–Kier alpha value is -1.91. The van der Waals surface area contributed by atoms with Gasteiger partial charge in [0.2, 0.25) is 0 Å². The predicted molar refractivity (Wildman–Crippen MR) is 72.0 cm³/mol. The Balaban J connectivity index is 2.99. The average Bonchev–Trinajstić information content (AvgIpc) is 2.25. The average molecular weight is 252 g/mol. The van der Waals surface area contributed by atoms with Gasteiger partial charge in [0.25, 0.3) is 0 Å². The minimum atomic E-state index is -0.543. The van der Waals surface area contributed by atoms with Crippen LogP contribution in [-0.2, 0) is 4.74 Å². The molecule has 1 aromatic rings. The molecule has 18 heavy (non-hydrogen) atoms. The third-order valence-corrected chi connectivity index (χ3v) is 2.23. The van der Waals surface area contributed by atoms with E-state index in [0.717, 1.165) is 0 Å². The van der Waals surface area contributed by atoms with Gasteiger partial charge in [-0.3, -0.25) is 4.90 Å². The van der Waals surface area contributed by atoms with Crippen molar-refractivity contribution < 1.29 is 14.3 Å². The zero-order valence-corrected chi connectivity index (χ0v) is 11.5. The van der Waals surface area contributed by atoms with Crippen LogP contribution in [0.2, 0.25) is 0 Å². The highest BCUT2D eigenvalue weighted by atomic mass is 16.6. The van der Waals surface area contributed by atoms with Crippen LogP contribution in [0.5, 0.6) is 5.75 Å². The molecule has 1 aromatic carbocycles. The molecule has 2 N–H and O–H groups in total. The lowest BCUT2D eigenvalue weighted by atomic mass is 10.2. The van der Waals surface area contributed by atoms with Crippen molar-refractivity contribution in [2.45, 2.75) is 26.4 Å². The summed E-state index contributed by atoms with van der Waals surface area (Å²) in [6, 6.07) is 5.10. The van der Waals surface area contributed by atoms with Crippen molar-refractivity contribution >= 4 is 17.5 Å². The lowest BCUT2D eigenvalue weighted by Gasteiger charge is -2.25. The first-order chi connectivity index (χ1) is 8.24. The Labute approximate surface area is 107 Å². The molecule has 1 rings (SSSR count). The molecule has 0 unspecified atom stereocenters. The summed E-state index contributed by atoms with van der Waals surface area (Å²) in [6.07, 6.45) is -0.452. The molecule has 0 saturated carbocycles. The van der Waals surface area contributed by atoms with E-state index < -0.39 is 11.7 Å². The Morgan fingerprint density at radius 1 is 1.33 bits per heavy atom. The zero-order chi connectivity index (χ0) is 13.9. The van der Waals surface area contributed by atoms with Gasteiger partial charge >= 0.3 is 6.09 Å². The fraction of sp³-hybridized carbons (Fsp3) is 0.462. The van der Waals surface area contributed by atoms with Crippen LogP contribution in [0.3, 0.4) is 0 Å². The number of ether oxygens (including phenoxy) is 2. The summed E-state index contributed by atoms with van der Waals surface area (Å²) in [4.78, 5) is 13.3. The summed E-state index contributed by atoms with van der Waals surface area (Å²) < 4.78 is 10.5. The second kappa shape index (κ2) is 5.16. The molecule has 5 heteroatoms. The van der Waals surface area contributed by atoms with Crippen molar-refractivity contribution in [3.63, 3.8) is 0 Å². The molecule has 0 radical (unpaired) electrons. The molecule has 0 aliphatic rings. The van der Waals surface area contributed by atoms with E-state index >= 15 is 0 Å². The molecule has 0 heterocycles. The zero-order valence-electron chi connectivity index (χ0n) is 11.5. The first kappa shape index (κ1) is 14.2. The number of methoxy groups -OCH3 is 1. The number of rotatable bonds is 2. The van der Waals surface area contributed by atoms with Gasteiger partial charge in [-0.2, -0.15) is 0 Å². The number of carbonyl (C=O) groups excluding carboxylic acids is 1. The molecule has 0 aliphatic carbocycles. The number of benzene rings is 1. The second-order valence-electron chi connectivity index (χ2n) is 4.97. The van der Waals surface area contributed by atoms with Crippen LogP contribution < -0.4 is 15.4 Å². The highest BCUT2D eigenvalue weighted by Gasteiger charge is 2.22. The smallest absolute Gasteiger partial charge is 0.414 e. The monoisotopic (exact) mass is 252 g/mol. The van der Waals surface area contributed by atoms with Crippen LogP contribution in [0.1, 0.15) is 20.8 Å². The summed E-state index contributed by atoms with van der Waals surface area (Å²) in [5.74, 6) is 0.567. The first-order valence-corrected chi connectivity index (χ1v) is 5.65. The molecular weight excluding hydrogens is 232 g/mol. The van der Waals surface area contributed by atoms with Crippen LogP contribution in [-0.4, -0.2) is 25.9 Å². The van der Waals surface area contributed by atoms with Crippen molar-refractivity contribution in [2.24, 2.45) is 0 Å². The van der Waals surface area contributed by atoms with Crippen molar-refractivity contribution in [3.05, 3.63) is 18.2 Å². The summed E-state index contributed by atoms with van der Waals surface area (Å²) in [6.45, 7) is 5.44. The standard InChI is InChI=1S/C13H20N2O3/c1-13(2,3)18-12(16)15(4)10-8-9(14)6-7-11(10)17-5/h6-8H,14H2,1-5H3. The fourth-order valence-electron chi connectivity index (χ4n) is 1.40. The van der Waals surface area contributed by atoms with Crippen LogP contribution in [0.15, 0.2) is 18.2 Å². The topological polar surface area (TPSA) is 64.8 Å². The number of amides is 1. The van der Waals surface area contributed by atoms with Gasteiger partial charge < -0.3 is 15.2 Å². The van der Waals surface area contributed by atoms with E-state index in [1.807, 2.05) is 20.8 Å². The predicted octanol–water partition coefficient (Wildman–Crippen LogP) is 2.65. The molecule has 0 aromatic heterocycles. The Bertz CT molecular complexity index is 438. The van der Waals surface area contributed by atoms with Gasteiger partial charge in [0.1, 0.15) is 11.4 Å². The number of nitrogen functional groups attached to an aromatic ring is 1. The highest BCUT2D eigenvalue weighted by molar-refractivity contribution is 5.90. The van der Waals surface area contributed by atoms with Gasteiger partial charge in [-0.15, -0.1) is 0 Å². The molecule has 1 amide bonds. The lowest BCUT2D eigenvalue weighted by molar-refractivity contribution is 0.0588. The van der Waals surface area contributed by atoms with Crippen molar-refractivity contribution in [1.29, 1.82) is 0 Å². The van der Waals surface area contributed by atoms with Gasteiger partial charge in [0.05, 0.1) is 12.8 Å². The lowest BCUT2D eigenvalue weighted by Crippen LogP contribution is -2.34. The van der Waals surface area contributed by atoms with Gasteiger partial charge in [-0.1, -0.05) is 0 Å². The number of carbonyl (C=O) groups is 1. The SMILES string of the molecule is COc1ccc(N)cc1N(C)C(=O)OC(C)(C)C. The van der Waals surface area contributed by atoms with E-state index in [4.69, 9.17) is 15.2 Å². The number of nitrogens with zero attached hydrogens (tertiary/aromatic N) is 1. The summed E-state index contributed by atoms with van der Waals surface area (Å²) in [7, 11) is 3.16. The third kappa shape index (κ3) is 3.55. The Kier molecular flexibility index (Phi) is 4.06. The summed E-state index contributed by atoms with van der Waals surface area (Å²) in [5.41, 5.74) is 6.30. The minimum Gasteiger partial charge on any atom is -0.495 e. The third-order valence-electron chi connectivity index (χ3n) is 2.23. The number of nitrogens with two attached hydrogens (primary N) is 1. The molecule has 0 saturated heterocycles. The summed E-state index contributed by atoms with van der Waals surface area (Å²) >= 11 is 0. The Morgan fingerprint density at radius 3 is 2.44 bits per heavy atom. The minimum absolute atomic E-state index is 0.452. The van der Waals surface area contributed by atoms with Crippen molar-refractivity contribution in [3.8, 4) is 5.75 Å². The molecule has 0 aliphatic heterocycles. The first-order valence-electron chi connectivity index (χ1n) is 5.65. The molecule has 0 atom stereocenters. The van der Waals surface area contributed by atoms with E-state index in [1.54, 1.807) is 25.2 Å². The van der Waals surface area contributed by atoms with Crippen LogP contribution >= 0.6 is 0 Å². The maximum atomic E-state index is 11.9. The Morgan fingerprint density at radius 2 is 1.94 bits per heavy atom. The van der Waals surface area contributed by atoms with E-state index in [0.29, 0.717) is 17.1 Å². The number of hydrogen-bond acceptors (Lipinski definition) is 4. The normalized spacial score (nSPS) is 10.9. The van der Waals surface area contributed by atoms with Crippen LogP contribution in [0.4, 0.5) is 16.2 Å².